The quantitative estimate of drug-likeness (QED) is 0.0638. The molecule has 0 aliphatic rings. The van der Waals surface area contributed by atoms with Gasteiger partial charge in [0.2, 0.25) is 0 Å². The number of rotatable bonds is 11. The topological polar surface area (TPSA) is 83.5 Å². The first-order valence-electron chi connectivity index (χ1n) is 16.1. The lowest BCUT2D eigenvalue weighted by molar-refractivity contribution is -0.161. The number of ether oxygens (including phenoxy) is 1. The van der Waals surface area contributed by atoms with Gasteiger partial charge in [-0.15, -0.1) is 0 Å². The number of hydrogen-bond acceptors (Lipinski definition) is 5. The maximum atomic E-state index is 12.6. The standard InChI is InChI=1S/C30H39S.C8H13BrF2O5S/c1-28(2,3)22-16-10-13-19-25(22)31(26-20-14-11-17-23(26)29(4,5)6)27-21-15-12-18-24(27)30(7,8)9;9-5-3-1-2-4-6-16-7(12)8(10,11)17(13,14)15/h10-21H,1-9H3;1-6H2,(H,13,14,15)/q+1;/p-1. The summed E-state index contributed by atoms with van der Waals surface area (Å²) in [5.41, 5.74) is 4.54. The Kier molecular flexibility index (Phi) is 14.9. The molecule has 0 amide bonds. The van der Waals surface area contributed by atoms with E-state index in [0.717, 1.165) is 18.2 Å². The Hall–Kier alpha value is -2.27. The van der Waals surface area contributed by atoms with Crippen molar-refractivity contribution >= 4 is 42.9 Å². The van der Waals surface area contributed by atoms with Crippen molar-refractivity contribution in [3.63, 3.8) is 0 Å². The van der Waals surface area contributed by atoms with Crippen molar-refractivity contribution in [2.24, 2.45) is 0 Å². The number of carbonyl (C=O) groups excluding carboxylic acids is 1. The first-order chi connectivity index (χ1) is 22.0. The molecule has 0 heterocycles. The number of hydrogen-bond donors (Lipinski definition) is 0. The number of alkyl halides is 3. The zero-order chi connectivity index (χ0) is 36.6. The molecule has 0 N–H and O–H groups in total. The highest BCUT2D eigenvalue weighted by Gasteiger charge is 2.48. The Morgan fingerprint density at radius 3 is 1.31 bits per heavy atom. The summed E-state index contributed by atoms with van der Waals surface area (Å²) < 4.78 is 59.4. The Morgan fingerprint density at radius 2 is 1.00 bits per heavy atom. The first kappa shape index (κ1) is 41.9. The van der Waals surface area contributed by atoms with Crippen LogP contribution in [0, 0.1) is 0 Å². The van der Waals surface area contributed by atoms with E-state index in [9.17, 15) is 26.5 Å². The van der Waals surface area contributed by atoms with E-state index in [-0.39, 0.29) is 33.7 Å². The molecular formula is C38H51BrF2O5S2. The lowest BCUT2D eigenvalue weighted by Gasteiger charge is -2.28. The zero-order valence-electron chi connectivity index (χ0n) is 29.7. The maximum Gasteiger partial charge on any atom is 0.428 e. The van der Waals surface area contributed by atoms with E-state index in [1.807, 2.05) is 0 Å². The van der Waals surface area contributed by atoms with Crippen LogP contribution in [0.15, 0.2) is 87.5 Å². The van der Waals surface area contributed by atoms with Crippen molar-refractivity contribution in [3.05, 3.63) is 89.5 Å². The first-order valence-corrected chi connectivity index (χ1v) is 19.9. The van der Waals surface area contributed by atoms with Gasteiger partial charge < -0.3 is 9.29 Å². The van der Waals surface area contributed by atoms with Crippen molar-refractivity contribution in [3.8, 4) is 0 Å². The van der Waals surface area contributed by atoms with Gasteiger partial charge in [0.25, 0.3) is 0 Å². The summed E-state index contributed by atoms with van der Waals surface area (Å²) in [6.07, 6.45) is 2.74. The van der Waals surface area contributed by atoms with Crippen LogP contribution < -0.4 is 0 Å². The monoisotopic (exact) mass is 768 g/mol. The van der Waals surface area contributed by atoms with Crippen LogP contribution in [-0.2, 0) is 46.8 Å². The van der Waals surface area contributed by atoms with E-state index in [1.54, 1.807) is 0 Å². The third-order valence-electron chi connectivity index (χ3n) is 7.56. The molecule has 48 heavy (non-hydrogen) atoms. The minimum absolute atomic E-state index is 0.0786. The molecule has 0 unspecified atom stereocenters. The molecule has 266 valence electrons. The van der Waals surface area contributed by atoms with E-state index >= 15 is 0 Å². The lowest BCUT2D eigenvalue weighted by Crippen LogP contribution is -2.39. The zero-order valence-corrected chi connectivity index (χ0v) is 32.9. The highest BCUT2D eigenvalue weighted by atomic mass is 79.9. The predicted octanol–water partition coefficient (Wildman–Crippen LogP) is 10.3. The second kappa shape index (κ2) is 17.1. The SMILES string of the molecule is CC(C)(C)c1ccccc1[S+](c1ccccc1C(C)(C)C)c1ccccc1C(C)(C)C.O=C(OCCCCCCBr)C(F)(F)S(=O)(=O)[O-]. The van der Waals surface area contributed by atoms with Crippen molar-refractivity contribution in [1.82, 2.24) is 0 Å². The second-order valence-corrected chi connectivity index (χ2v) is 18.9. The van der Waals surface area contributed by atoms with E-state index in [0.29, 0.717) is 12.8 Å². The van der Waals surface area contributed by atoms with Crippen molar-refractivity contribution < 1.29 is 31.3 Å². The Morgan fingerprint density at radius 1 is 0.667 bits per heavy atom. The molecule has 0 saturated carbocycles. The van der Waals surface area contributed by atoms with Crippen LogP contribution in [0.5, 0.6) is 0 Å². The highest BCUT2D eigenvalue weighted by Crippen LogP contribution is 2.44. The van der Waals surface area contributed by atoms with Crippen LogP contribution in [0.3, 0.4) is 0 Å². The number of carbonyl (C=O) groups is 1. The van der Waals surface area contributed by atoms with Crippen molar-refractivity contribution in [2.45, 2.75) is 124 Å². The number of esters is 1. The summed E-state index contributed by atoms with van der Waals surface area (Å²) in [5.74, 6) is -2.31. The largest absolute Gasteiger partial charge is 0.743 e. The van der Waals surface area contributed by atoms with Gasteiger partial charge in [-0.3, -0.25) is 0 Å². The molecule has 3 aromatic carbocycles. The molecule has 0 aliphatic carbocycles. The maximum absolute atomic E-state index is 12.6. The molecule has 10 heteroatoms. The van der Waals surface area contributed by atoms with Gasteiger partial charge in [-0.2, -0.15) is 8.78 Å². The van der Waals surface area contributed by atoms with E-state index in [1.165, 1.54) is 31.4 Å². The molecular weight excluding hydrogens is 718 g/mol. The van der Waals surface area contributed by atoms with E-state index < -0.39 is 21.3 Å². The Labute approximate surface area is 298 Å². The Bertz CT molecular complexity index is 1470. The van der Waals surface area contributed by atoms with Gasteiger partial charge in [-0.25, -0.2) is 13.2 Å². The van der Waals surface area contributed by atoms with Crippen LogP contribution in [0.4, 0.5) is 8.78 Å². The summed E-state index contributed by atoms with van der Waals surface area (Å²) in [6, 6.07) is 27.3. The molecule has 3 aromatic rings. The molecule has 0 fully saturated rings. The number of halogens is 3. The number of benzene rings is 3. The van der Waals surface area contributed by atoms with Crippen molar-refractivity contribution in [2.75, 3.05) is 11.9 Å². The van der Waals surface area contributed by atoms with Gasteiger partial charge in [-0.05, 0) is 47.3 Å². The summed E-state index contributed by atoms with van der Waals surface area (Å²) >= 11 is 3.20. The summed E-state index contributed by atoms with van der Waals surface area (Å²) in [7, 11) is -6.21. The minimum atomic E-state index is -6.02. The summed E-state index contributed by atoms with van der Waals surface area (Å²) in [6.45, 7) is 20.7. The molecule has 0 bridgehead atoms. The van der Waals surface area contributed by atoms with Crippen LogP contribution in [0.25, 0.3) is 0 Å². The lowest BCUT2D eigenvalue weighted by atomic mass is 9.87. The van der Waals surface area contributed by atoms with E-state index in [4.69, 9.17) is 0 Å². The predicted molar refractivity (Wildman–Crippen MR) is 195 cm³/mol. The highest BCUT2D eigenvalue weighted by molar-refractivity contribution is 9.09. The van der Waals surface area contributed by atoms with Crippen molar-refractivity contribution in [1.29, 1.82) is 0 Å². The fourth-order valence-electron chi connectivity index (χ4n) is 5.05. The Balaban J connectivity index is 0.000000401. The summed E-state index contributed by atoms with van der Waals surface area (Å²) in [5, 5.41) is -4.19. The molecule has 0 aromatic heterocycles. The molecule has 0 radical (unpaired) electrons. The molecule has 0 aliphatic heterocycles. The average molecular weight is 770 g/mol. The normalized spacial score (nSPS) is 12.8. The van der Waals surface area contributed by atoms with E-state index in [2.05, 4.69) is 156 Å². The van der Waals surface area contributed by atoms with Crippen LogP contribution in [0.2, 0.25) is 0 Å². The molecule has 3 rings (SSSR count). The van der Waals surface area contributed by atoms with Gasteiger partial charge >= 0.3 is 11.2 Å². The number of unbranched alkanes of at least 4 members (excludes halogenated alkanes) is 3. The smallest absolute Gasteiger partial charge is 0.428 e. The van der Waals surface area contributed by atoms with Gasteiger partial charge in [0.05, 0.1) is 6.61 Å². The third-order valence-corrected chi connectivity index (χ3v) is 11.3. The molecule has 0 saturated heterocycles. The van der Waals surface area contributed by atoms with Gasteiger partial charge in [0, 0.05) is 22.0 Å². The van der Waals surface area contributed by atoms with Crippen LogP contribution in [-0.4, -0.2) is 36.1 Å². The van der Waals surface area contributed by atoms with Crippen LogP contribution >= 0.6 is 15.9 Å². The van der Waals surface area contributed by atoms with Gasteiger partial charge in [-0.1, -0.05) is 146 Å². The average Bonchev–Trinajstić information content (AvgIpc) is 2.98. The molecule has 0 spiro atoms. The minimum Gasteiger partial charge on any atom is -0.743 e. The summed E-state index contributed by atoms with van der Waals surface area (Å²) in [4.78, 5) is 15.0. The third kappa shape index (κ3) is 11.4. The van der Waals surface area contributed by atoms with Gasteiger partial charge in [0.1, 0.15) is 10.9 Å². The van der Waals surface area contributed by atoms with Gasteiger partial charge in [0.15, 0.2) is 24.8 Å². The molecule has 5 nitrogen and oxygen atoms in total. The van der Waals surface area contributed by atoms with Crippen LogP contribution in [0.1, 0.15) is 105 Å². The molecule has 0 atom stereocenters. The second-order valence-electron chi connectivity index (χ2n) is 14.8. The fourth-order valence-corrected chi connectivity index (χ4v) is 8.85. The fraction of sp³-hybridized carbons (Fsp3) is 0.500.